The van der Waals surface area contributed by atoms with Gasteiger partial charge < -0.3 is 4.90 Å². The molecule has 0 aromatic heterocycles. The number of hydrogen-bond acceptors (Lipinski definition) is 1. The van der Waals surface area contributed by atoms with Crippen LogP contribution in [-0.2, 0) is 0 Å². The van der Waals surface area contributed by atoms with E-state index >= 15 is 0 Å². The molecule has 0 aliphatic heterocycles. The van der Waals surface area contributed by atoms with Gasteiger partial charge in [-0.1, -0.05) is 25.7 Å². The Balaban J connectivity index is 4.73. The standard InChI is InChI=1S/C14H25N/c1-8-10-13(9-2)11-12(3)15(7)14(4,5)6/h8,10-11H,3,9H2,1-2,4-7H3/b10-8-,13-11-. The molecule has 0 saturated heterocycles. The molecule has 0 rings (SSSR count). The summed E-state index contributed by atoms with van der Waals surface area (Å²) in [5, 5.41) is 0. The van der Waals surface area contributed by atoms with Gasteiger partial charge in [0.05, 0.1) is 0 Å². The van der Waals surface area contributed by atoms with E-state index in [1.165, 1.54) is 5.57 Å². The van der Waals surface area contributed by atoms with Gasteiger partial charge in [0.25, 0.3) is 0 Å². The van der Waals surface area contributed by atoms with Crippen molar-refractivity contribution in [2.45, 2.75) is 46.6 Å². The van der Waals surface area contributed by atoms with Gasteiger partial charge in [0.2, 0.25) is 0 Å². The summed E-state index contributed by atoms with van der Waals surface area (Å²) in [4.78, 5) is 2.20. The van der Waals surface area contributed by atoms with E-state index in [0.717, 1.165) is 12.1 Å². The van der Waals surface area contributed by atoms with Gasteiger partial charge in [0.15, 0.2) is 0 Å². The van der Waals surface area contributed by atoms with Crippen LogP contribution in [-0.4, -0.2) is 17.5 Å². The summed E-state index contributed by atoms with van der Waals surface area (Å²) in [6, 6.07) is 0. The maximum Gasteiger partial charge on any atom is 0.0314 e. The number of nitrogens with zero attached hydrogens (tertiary/aromatic N) is 1. The van der Waals surface area contributed by atoms with Crippen molar-refractivity contribution in [1.29, 1.82) is 0 Å². The van der Waals surface area contributed by atoms with Gasteiger partial charge in [-0.25, -0.2) is 0 Å². The Bertz CT molecular complexity index is 264. The summed E-state index contributed by atoms with van der Waals surface area (Å²) >= 11 is 0. The van der Waals surface area contributed by atoms with Crippen LogP contribution in [0.2, 0.25) is 0 Å². The van der Waals surface area contributed by atoms with Crippen LogP contribution in [0.25, 0.3) is 0 Å². The van der Waals surface area contributed by atoms with Crippen LogP contribution in [0.1, 0.15) is 41.0 Å². The molecule has 0 radical (unpaired) electrons. The van der Waals surface area contributed by atoms with E-state index in [1.807, 2.05) is 6.92 Å². The van der Waals surface area contributed by atoms with E-state index in [2.05, 4.69) is 64.4 Å². The van der Waals surface area contributed by atoms with Crippen LogP contribution in [0.4, 0.5) is 0 Å². The monoisotopic (exact) mass is 207 g/mol. The Kier molecular flexibility index (Phi) is 5.41. The fourth-order valence-corrected chi connectivity index (χ4v) is 1.22. The van der Waals surface area contributed by atoms with Gasteiger partial charge >= 0.3 is 0 Å². The van der Waals surface area contributed by atoms with Gasteiger partial charge in [0.1, 0.15) is 0 Å². The molecule has 0 spiro atoms. The highest BCUT2D eigenvalue weighted by atomic mass is 15.2. The van der Waals surface area contributed by atoms with Crippen LogP contribution in [0.3, 0.4) is 0 Å². The van der Waals surface area contributed by atoms with Crippen molar-refractivity contribution in [3.63, 3.8) is 0 Å². The van der Waals surface area contributed by atoms with Gasteiger partial charge in [-0.2, -0.15) is 0 Å². The third-order valence-electron chi connectivity index (χ3n) is 2.58. The van der Waals surface area contributed by atoms with Crippen LogP contribution in [0.5, 0.6) is 0 Å². The van der Waals surface area contributed by atoms with E-state index < -0.39 is 0 Å². The first kappa shape index (κ1) is 14.0. The average molecular weight is 207 g/mol. The Hall–Kier alpha value is -0.980. The molecule has 0 fully saturated rings. The molecule has 0 atom stereocenters. The van der Waals surface area contributed by atoms with Crippen LogP contribution >= 0.6 is 0 Å². The van der Waals surface area contributed by atoms with Crippen molar-refractivity contribution in [3.8, 4) is 0 Å². The zero-order chi connectivity index (χ0) is 12.1. The minimum absolute atomic E-state index is 0.127. The minimum Gasteiger partial charge on any atom is -0.370 e. The molecule has 0 unspecified atom stereocenters. The molecule has 0 aliphatic rings. The molecule has 0 aliphatic carbocycles. The first-order valence-corrected chi connectivity index (χ1v) is 5.59. The molecule has 15 heavy (non-hydrogen) atoms. The largest absolute Gasteiger partial charge is 0.370 e. The molecule has 1 heteroatoms. The molecule has 0 bridgehead atoms. The fraction of sp³-hybridized carbons (Fsp3) is 0.571. The quantitative estimate of drug-likeness (QED) is 0.626. The number of likely N-dealkylation sites (N-methyl/N-ethyl adjacent to an activating group) is 1. The molecule has 0 aromatic rings. The van der Waals surface area contributed by atoms with E-state index in [1.54, 1.807) is 0 Å². The molecule has 1 nitrogen and oxygen atoms in total. The highest BCUT2D eigenvalue weighted by molar-refractivity contribution is 5.28. The zero-order valence-electron chi connectivity index (χ0n) is 11.1. The number of hydrogen-bond donors (Lipinski definition) is 0. The minimum atomic E-state index is 0.127. The number of allylic oxidation sites excluding steroid dienone is 4. The predicted molar refractivity (Wildman–Crippen MR) is 69.8 cm³/mol. The van der Waals surface area contributed by atoms with Crippen molar-refractivity contribution in [2.75, 3.05) is 7.05 Å². The van der Waals surface area contributed by atoms with Gasteiger partial charge in [-0.3, -0.25) is 0 Å². The Morgan fingerprint density at radius 1 is 1.33 bits per heavy atom. The maximum absolute atomic E-state index is 4.11. The molecule has 0 N–H and O–H groups in total. The fourth-order valence-electron chi connectivity index (χ4n) is 1.22. The first-order chi connectivity index (χ1) is 6.82. The second-order valence-corrected chi connectivity index (χ2v) is 4.79. The molecule has 0 saturated carbocycles. The Morgan fingerprint density at radius 2 is 1.87 bits per heavy atom. The summed E-state index contributed by atoms with van der Waals surface area (Å²) in [6.45, 7) is 14.9. The average Bonchev–Trinajstić information content (AvgIpc) is 2.14. The summed E-state index contributed by atoms with van der Waals surface area (Å²) < 4.78 is 0. The zero-order valence-corrected chi connectivity index (χ0v) is 11.1. The topological polar surface area (TPSA) is 3.24 Å². The first-order valence-electron chi connectivity index (χ1n) is 5.59. The lowest BCUT2D eigenvalue weighted by atomic mass is 10.0. The van der Waals surface area contributed by atoms with Crippen LogP contribution < -0.4 is 0 Å². The molecular weight excluding hydrogens is 182 g/mol. The lowest BCUT2D eigenvalue weighted by Gasteiger charge is -2.34. The molecule has 0 amide bonds. The summed E-state index contributed by atoms with van der Waals surface area (Å²) in [5.74, 6) is 0. The highest BCUT2D eigenvalue weighted by Gasteiger charge is 2.16. The summed E-state index contributed by atoms with van der Waals surface area (Å²) in [7, 11) is 2.09. The van der Waals surface area contributed by atoms with Crippen molar-refractivity contribution in [1.82, 2.24) is 4.90 Å². The SMILES string of the molecule is C=C(/C=C(\C=C/C)CC)N(C)C(C)(C)C. The summed E-state index contributed by atoms with van der Waals surface area (Å²) in [5.41, 5.74) is 2.51. The predicted octanol–water partition coefficient (Wildman–Crippen LogP) is 4.14. The second kappa shape index (κ2) is 5.79. The van der Waals surface area contributed by atoms with Crippen molar-refractivity contribution < 1.29 is 0 Å². The summed E-state index contributed by atoms with van der Waals surface area (Å²) in [6.07, 6.45) is 7.41. The molecule has 86 valence electrons. The van der Waals surface area contributed by atoms with Gasteiger partial charge in [-0.05, 0) is 45.8 Å². The van der Waals surface area contributed by atoms with E-state index in [4.69, 9.17) is 0 Å². The maximum atomic E-state index is 4.11. The second-order valence-electron chi connectivity index (χ2n) is 4.79. The van der Waals surface area contributed by atoms with Crippen molar-refractivity contribution in [3.05, 3.63) is 36.1 Å². The van der Waals surface area contributed by atoms with Crippen molar-refractivity contribution in [2.24, 2.45) is 0 Å². The van der Waals surface area contributed by atoms with Gasteiger partial charge in [-0.15, -0.1) is 0 Å². The third kappa shape index (κ3) is 4.87. The van der Waals surface area contributed by atoms with E-state index in [9.17, 15) is 0 Å². The molecule has 0 heterocycles. The Morgan fingerprint density at radius 3 is 2.20 bits per heavy atom. The normalized spacial score (nSPS) is 13.3. The van der Waals surface area contributed by atoms with Crippen LogP contribution in [0, 0.1) is 0 Å². The highest BCUT2D eigenvalue weighted by Crippen LogP contribution is 2.18. The van der Waals surface area contributed by atoms with Crippen molar-refractivity contribution >= 4 is 0 Å². The lowest BCUT2D eigenvalue weighted by Crippen LogP contribution is -2.36. The third-order valence-corrected chi connectivity index (χ3v) is 2.58. The van der Waals surface area contributed by atoms with Gasteiger partial charge in [0, 0.05) is 18.3 Å². The lowest BCUT2D eigenvalue weighted by molar-refractivity contribution is 0.235. The van der Waals surface area contributed by atoms with E-state index in [-0.39, 0.29) is 5.54 Å². The molecular formula is C14H25N. The Labute approximate surface area is 95.2 Å². The molecule has 0 aromatic carbocycles. The number of rotatable bonds is 4. The van der Waals surface area contributed by atoms with Crippen LogP contribution in [0.15, 0.2) is 36.1 Å². The van der Waals surface area contributed by atoms with E-state index in [0.29, 0.717) is 0 Å². The smallest absolute Gasteiger partial charge is 0.0314 e.